The highest BCUT2D eigenvalue weighted by atomic mass is 16.6. The molecule has 1 heterocycles. The van der Waals surface area contributed by atoms with Crippen LogP contribution in [0, 0.1) is 5.41 Å². The molecule has 1 aliphatic carbocycles. The fourth-order valence-corrected chi connectivity index (χ4v) is 2.80. The molecule has 148 valence electrons. The molecular weight excluding hydrogens is 324 g/mol. The molecule has 0 aromatic heterocycles. The zero-order chi connectivity index (χ0) is 19.8. The molecule has 2 unspecified atom stereocenters. The molecule has 1 saturated heterocycles. The maximum Gasteiger partial charge on any atom is 0.411 e. The lowest BCUT2D eigenvalue weighted by Gasteiger charge is -2.29. The number of hydrogen-bond acceptors (Lipinski definition) is 6. The van der Waals surface area contributed by atoms with E-state index < -0.39 is 17.7 Å². The summed E-state index contributed by atoms with van der Waals surface area (Å²) in [7, 11) is 0. The van der Waals surface area contributed by atoms with Gasteiger partial charge in [-0.3, -0.25) is 4.90 Å². The average Bonchev–Trinajstić information content (AvgIpc) is 3.09. The van der Waals surface area contributed by atoms with Crippen molar-refractivity contribution in [2.24, 2.45) is 11.1 Å². The Morgan fingerprint density at radius 3 is 2.20 bits per heavy atom. The van der Waals surface area contributed by atoms with Crippen LogP contribution < -0.4 is 5.73 Å². The molecule has 1 saturated carbocycles. The highest BCUT2D eigenvalue weighted by Crippen LogP contribution is 2.59. The first kappa shape index (κ1) is 23.7. The van der Waals surface area contributed by atoms with Gasteiger partial charge in [0.1, 0.15) is 11.6 Å². The minimum absolute atomic E-state index is 0.0638. The summed E-state index contributed by atoms with van der Waals surface area (Å²) in [6.07, 6.45) is 1.22. The Morgan fingerprint density at radius 2 is 1.80 bits per heavy atom. The van der Waals surface area contributed by atoms with Crippen LogP contribution in [0.25, 0.3) is 0 Å². The van der Waals surface area contributed by atoms with Crippen LogP contribution >= 0.6 is 0 Å². The van der Waals surface area contributed by atoms with Crippen molar-refractivity contribution in [3.63, 3.8) is 0 Å². The minimum Gasteiger partial charge on any atom is -0.464 e. The van der Waals surface area contributed by atoms with Crippen molar-refractivity contribution < 1.29 is 24.2 Å². The van der Waals surface area contributed by atoms with Crippen LogP contribution in [0.1, 0.15) is 61.3 Å². The summed E-state index contributed by atoms with van der Waals surface area (Å²) in [5.41, 5.74) is 4.29. The summed E-state index contributed by atoms with van der Waals surface area (Å²) in [6.45, 7) is 14.2. The summed E-state index contributed by atoms with van der Waals surface area (Å²) >= 11 is 0. The van der Waals surface area contributed by atoms with E-state index in [1.54, 1.807) is 11.8 Å². The van der Waals surface area contributed by atoms with E-state index in [4.69, 9.17) is 20.3 Å². The smallest absolute Gasteiger partial charge is 0.411 e. The summed E-state index contributed by atoms with van der Waals surface area (Å²) in [4.78, 5) is 25.8. The SMILES string of the molecule is CC.CCOC(=O)C1C[C@]2(C)CC2N1C(=O)OC(C)(C)C.NCCO. The largest absolute Gasteiger partial charge is 0.464 e. The number of fused-ring (bicyclic) bond motifs is 1. The Bertz CT molecular complexity index is 434. The monoisotopic (exact) mass is 360 g/mol. The Balaban J connectivity index is 0.000000845. The lowest BCUT2D eigenvalue weighted by molar-refractivity contribution is -0.149. The number of aliphatic hydroxyl groups is 1. The summed E-state index contributed by atoms with van der Waals surface area (Å²) in [5.74, 6) is -0.318. The van der Waals surface area contributed by atoms with Crippen molar-refractivity contribution >= 4 is 12.1 Å². The van der Waals surface area contributed by atoms with E-state index in [0.717, 1.165) is 6.42 Å². The third-order valence-corrected chi connectivity index (χ3v) is 3.93. The lowest BCUT2D eigenvalue weighted by Crippen LogP contribution is -2.46. The second-order valence-corrected chi connectivity index (χ2v) is 7.25. The fourth-order valence-electron chi connectivity index (χ4n) is 2.80. The first-order chi connectivity index (χ1) is 11.6. The van der Waals surface area contributed by atoms with Gasteiger partial charge in [0, 0.05) is 12.6 Å². The highest BCUT2D eigenvalue weighted by molar-refractivity contribution is 5.83. The standard InChI is InChI=1S/C14H23NO4.C2H7NO.C2H6/c1-6-18-11(16)9-7-14(5)8-10(14)15(9)12(17)19-13(2,3)4;3-1-2-4;1-2/h9-10H,6-8H2,1-5H3;4H,1-3H2;1-2H3/t9?,10?,14-;;/m1../s1. The third kappa shape index (κ3) is 6.82. The number of aliphatic hydroxyl groups excluding tert-OH is 1. The molecule has 0 radical (unpaired) electrons. The van der Waals surface area contributed by atoms with E-state index in [-0.39, 0.29) is 24.0 Å². The molecule has 2 rings (SSSR count). The highest BCUT2D eigenvalue weighted by Gasteiger charge is 2.65. The van der Waals surface area contributed by atoms with Gasteiger partial charge in [0.2, 0.25) is 0 Å². The Morgan fingerprint density at radius 1 is 1.28 bits per heavy atom. The van der Waals surface area contributed by atoms with E-state index in [0.29, 0.717) is 19.6 Å². The number of ether oxygens (including phenoxy) is 2. The maximum atomic E-state index is 12.3. The first-order valence-corrected chi connectivity index (χ1v) is 9.08. The van der Waals surface area contributed by atoms with Crippen LogP contribution in [0.3, 0.4) is 0 Å². The second kappa shape index (κ2) is 9.97. The number of likely N-dealkylation sites (tertiary alicyclic amines) is 1. The van der Waals surface area contributed by atoms with Crippen LogP contribution in [-0.2, 0) is 14.3 Å². The predicted octanol–water partition coefficient (Wildman–Crippen LogP) is 2.30. The van der Waals surface area contributed by atoms with E-state index in [9.17, 15) is 9.59 Å². The normalized spacial score (nSPS) is 26.4. The van der Waals surface area contributed by atoms with Crippen molar-refractivity contribution in [1.29, 1.82) is 0 Å². The number of esters is 1. The van der Waals surface area contributed by atoms with Crippen molar-refractivity contribution in [2.45, 2.75) is 79.0 Å². The van der Waals surface area contributed by atoms with Crippen LogP contribution in [-0.4, -0.2) is 59.5 Å². The van der Waals surface area contributed by atoms with Crippen LogP contribution in [0.2, 0.25) is 0 Å². The number of hydrogen-bond donors (Lipinski definition) is 2. The van der Waals surface area contributed by atoms with Crippen LogP contribution in [0.15, 0.2) is 0 Å². The Hall–Kier alpha value is -1.34. The number of amides is 1. The van der Waals surface area contributed by atoms with E-state index in [1.165, 1.54) is 0 Å². The van der Waals surface area contributed by atoms with E-state index in [1.807, 2.05) is 34.6 Å². The molecule has 0 spiro atoms. The quantitative estimate of drug-likeness (QED) is 0.749. The molecule has 2 aliphatic rings. The summed E-state index contributed by atoms with van der Waals surface area (Å²) in [6, 6.07) is -0.365. The molecule has 1 aliphatic heterocycles. The number of nitrogens with two attached hydrogens (primary N) is 1. The van der Waals surface area contributed by atoms with Gasteiger partial charge in [-0.05, 0) is 46.0 Å². The van der Waals surface area contributed by atoms with Gasteiger partial charge < -0.3 is 20.3 Å². The van der Waals surface area contributed by atoms with E-state index >= 15 is 0 Å². The van der Waals surface area contributed by atoms with Gasteiger partial charge in [-0.15, -0.1) is 0 Å². The summed E-state index contributed by atoms with van der Waals surface area (Å²) < 4.78 is 10.5. The molecule has 7 heteroatoms. The first-order valence-electron chi connectivity index (χ1n) is 9.08. The van der Waals surface area contributed by atoms with Gasteiger partial charge in [-0.25, -0.2) is 9.59 Å². The van der Waals surface area contributed by atoms with Crippen molar-refractivity contribution in [2.75, 3.05) is 19.8 Å². The average molecular weight is 360 g/mol. The number of carbonyl (C=O) groups excluding carboxylic acids is 2. The number of piperidine rings is 1. The predicted molar refractivity (Wildman–Crippen MR) is 97.1 cm³/mol. The molecule has 3 atom stereocenters. The molecule has 7 nitrogen and oxygen atoms in total. The van der Waals surface area contributed by atoms with Crippen LogP contribution in [0.5, 0.6) is 0 Å². The Kier molecular flexibility index (Phi) is 9.43. The Labute approximate surface area is 151 Å². The zero-order valence-corrected chi connectivity index (χ0v) is 16.8. The maximum absolute atomic E-state index is 12.3. The number of nitrogens with zero attached hydrogens (tertiary/aromatic N) is 1. The molecule has 25 heavy (non-hydrogen) atoms. The van der Waals surface area contributed by atoms with Gasteiger partial charge in [0.15, 0.2) is 0 Å². The molecule has 0 bridgehead atoms. The number of carbonyl (C=O) groups is 2. The lowest BCUT2D eigenvalue weighted by atomic mass is 10.0. The van der Waals surface area contributed by atoms with Gasteiger partial charge in [-0.2, -0.15) is 0 Å². The molecule has 1 amide bonds. The van der Waals surface area contributed by atoms with Gasteiger partial charge in [0.25, 0.3) is 0 Å². The molecule has 0 aromatic carbocycles. The van der Waals surface area contributed by atoms with Crippen molar-refractivity contribution in [1.82, 2.24) is 4.90 Å². The van der Waals surface area contributed by atoms with Crippen molar-refractivity contribution in [3.05, 3.63) is 0 Å². The molecule has 3 N–H and O–H groups in total. The third-order valence-electron chi connectivity index (χ3n) is 3.93. The van der Waals surface area contributed by atoms with Gasteiger partial charge in [0.05, 0.1) is 13.2 Å². The van der Waals surface area contributed by atoms with Gasteiger partial charge >= 0.3 is 12.1 Å². The molecule has 2 fully saturated rings. The summed E-state index contributed by atoms with van der Waals surface area (Å²) in [5, 5.41) is 7.75. The van der Waals surface area contributed by atoms with Gasteiger partial charge in [-0.1, -0.05) is 20.8 Å². The molecule has 0 aromatic rings. The fraction of sp³-hybridized carbons (Fsp3) is 0.889. The minimum atomic E-state index is -0.551. The number of rotatable bonds is 3. The topological polar surface area (TPSA) is 102 Å². The second-order valence-electron chi connectivity index (χ2n) is 7.25. The van der Waals surface area contributed by atoms with E-state index in [2.05, 4.69) is 6.92 Å². The van der Waals surface area contributed by atoms with Crippen LogP contribution in [0.4, 0.5) is 4.79 Å². The zero-order valence-electron chi connectivity index (χ0n) is 16.8. The van der Waals surface area contributed by atoms with Crippen molar-refractivity contribution in [3.8, 4) is 0 Å². The molecular formula is C18H36N2O5.